The lowest BCUT2D eigenvalue weighted by molar-refractivity contribution is -0.133. The molecule has 0 atom stereocenters. The van der Waals surface area contributed by atoms with E-state index in [0.29, 0.717) is 18.7 Å². The lowest BCUT2D eigenvalue weighted by Crippen LogP contribution is -2.08. The second kappa shape index (κ2) is 3.38. The average molecular weight is 242 g/mol. The summed E-state index contributed by atoms with van der Waals surface area (Å²) in [5, 5.41) is 3.13. The summed E-state index contributed by atoms with van der Waals surface area (Å²) in [6.07, 6.45) is 0.404. The first-order valence-corrected chi connectivity index (χ1v) is 4.80. The molecule has 0 unspecified atom stereocenters. The van der Waals surface area contributed by atoms with Crippen LogP contribution < -0.4 is 10.1 Å². The SMILES string of the molecule is O=C1CCNc2c(Br)cccc2O1. The molecule has 0 spiro atoms. The van der Waals surface area contributed by atoms with Crippen molar-refractivity contribution in [3.05, 3.63) is 22.7 Å². The van der Waals surface area contributed by atoms with Crippen molar-refractivity contribution < 1.29 is 9.53 Å². The lowest BCUT2D eigenvalue weighted by Gasteiger charge is -2.07. The van der Waals surface area contributed by atoms with E-state index in [1.165, 1.54) is 0 Å². The van der Waals surface area contributed by atoms with Crippen LogP contribution in [0.3, 0.4) is 0 Å². The molecule has 1 aromatic rings. The Balaban J connectivity index is 2.45. The maximum Gasteiger partial charge on any atom is 0.313 e. The van der Waals surface area contributed by atoms with Crippen molar-refractivity contribution in [1.82, 2.24) is 0 Å². The Morgan fingerprint density at radius 1 is 1.46 bits per heavy atom. The Labute approximate surface area is 84.2 Å². The number of esters is 1. The molecule has 13 heavy (non-hydrogen) atoms. The molecule has 4 heteroatoms. The highest BCUT2D eigenvalue weighted by Gasteiger charge is 2.15. The molecule has 0 bridgehead atoms. The Morgan fingerprint density at radius 2 is 2.31 bits per heavy atom. The molecule has 0 aromatic heterocycles. The number of carbonyl (C=O) groups is 1. The second-order valence-electron chi connectivity index (χ2n) is 2.76. The van der Waals surface area contributed by atoms with Crippen LogP contribution in [0, 0.1) is 0 Å². The number of benzene rings is 1. The van der Waals surface area contributed by atoms with Crippen molar-refractivity contribution >= 4 is 27.6 Å². The molecule has 0 saturated heterocycles. The van der Waals surface area contributed by atoms with E-state index in [9.17, 15) is 4.79 Å². The monoisotopic (exact) mass is 241 g/mol. The van der Waals surface area contributed by atoms with Crippen LogP contribution in [0.5, 0.6) is 5.75 Å². The highest BCUT2D eigenvalue weighted by molar-refractivity contribution is 9.10. The molecule has 2 rings (SSSR count). The van der Waals surface area contributed by atoms with Gasteiger partial charge in [-0.3, -0.25) is 4.79 Å². The largest absolute Gasteiger partial charge is 0.424 e. The minimum absolute atomic E-state index is 0.190. The molecule has 1 aromatic carbocycles. The third-order valence-electron chi connectivity index (χ3n) is 1.83. The molecule has 68 valence electrons. The standard InChI is InChI=1S/C9H8BrNO2/c10-6-2-1-3-7-9(6)11-5-4-8(12)13-7/h1-3,11H,4-5H2. The minimum atomic E-state index is -0.190. The molecule has 3 nitrogen and oxygen atoms in total. The number of hydrogen-bond acceptors (Lipinski definition) is 3. The molecule has 0 radical (unpaired) electrons. The van der Waals surface area contributed by atoms with E-state index in [0.717, 1.165) is 10.2 Å². The van der Waals surface area contributed by atoms with Gasteiger partial charge in [-0.15, -0.1) is 0 Å². The van der Waals surface area contributed by atoms with Gasteiger partial charge in [-0.2, -0.15) is 0 Å². The maximum absolute atomic E-state index is 11.1. The van der Waals surface area contributed by atoms with Gasteiger partial charge in [-0.05, 0) is 28.1 Å². The maximum atomic E-state index is 11.1. The van der Waals surface area contributed by atoms with Crippen molar-refractivity contribution in [2.45, 2.75) is 6.42 Å². The average Bonchev–Trinajstić information content (AvgIpc) is 2.27. The lowest BCUT2D eigenvalue weighted by atomic mass is 10.3. The molecule has 1 aliphatic rings. The summed E-state index contributed by atoms with van der Waals surface area (Å²) >= 11 is 3.38. The van der Waals surface area contributed by atoms with E-state index in [4.69, 9.17) is 4.74 Å². The summed E-state index contributed by atoms with van der Waals surface area (Å²) in [5.74, 6) is 0.404. The first kappa shape index (κ1) is 8.56. The fourth-order valence-corrected chi connectivity index (χ4v) is 1.71. The molecule has 1 aliphatic heterocycles. The molecule has 0 saturated carbocycles. The summed E-state index contributed by atoms with van der Waals surface area (Å²) < 4.78 is 6.02. The molecule has 1 heterocycles. The zero-order valence-corrected chi connectivity index (χ0v) is 8.43. The number of ether oxygens (including phenoxy) is 1. The number of carbonyl (C=O) groups excluding carboxylic acids is 1. The fraction of sp³-hybridized carbons (Fsp3) is 0.222. The van der Waals surface area contributed by atoms with Gasteiger partial charge in [0.2, 0.25) is 0 Å². The van der Waals surface area contributed by atoms with E-state index < -0.39 is 0 Å². The van der Waals surface area contributed by atoms with E-state index >= 15 is 0 Å². The molecular weight excluding hydrogens is 234 g/mol. The minimum Gasteiger partial charge on any atom is -0.424 e. The van der Waals surface area contributed by atoms with Gasteiger partial charge in [0.15, 0.2) is 5.75 Å². The van der Waals surface area contributed by atoms with Crippen molar-refractivity contribution in [3.8, 4) is 5.75 Å². The molecule has 0 fully saturated rings. The van der Waals surface area contributed by atoms with E-state index in [1.54, 1.807) is 6.07 Å². The van der Waals surface area contributed by atoms with Gasteiger partial charge in [0.1, 0.15) is 0 Å². The van der Waals surface area contributed by atoms with E-state index in [2.05, 4.69) is 21.2 Å². The summed E-state index contributed by atoms with van der Waals surface area (Å²) in [6.45, 7) is 0.619. The number of halogens is 1. The van der Waals surface area contributed by atoms with Crippen LogP contribution >= 0.6 is 15.9 Å². The number of rotatable bonds is 0. The van der Waals surface area contributed by atoms with Gasteiger partial charge in [0, 0.05) is 11.0 Å². The van der Waals surface area contributed by atoms with Gasteiger partial charge in [0.25, 0.3) is 0 Å². The number of hydrogen-bond donors (Lipinski definition) is 1. The second-order valence-corrected chi connectivity index (χ2v) is 3.62. The van der Waals surface area contributed by atoms with Crippen LogP contribution in [-0.4, -0.2) is 12.5 Å². The smallest absolute Gasteiger partial charge is 0.313 e. The highest BCUT2D eigenvalue weighted by Crippen LogP contribution is 2.33. The molecule has 0 aliphatic carbocycles. The normalized spacial score (nSPS) is 15.3. The predicted octanol–water partition coefficient (Wildman–Crippen LogP) is 2.17. The Kier molecular flexibility index (Phi) is 2.22. The Bertz CT molecular complexity index is 351. The third-order valence-corrected chi connectivity index (χ3v) is 2.49. The first-order valence-electron chi connectivity index (χ1n) is 4.00. The van der Waals surface area contributed by atoms with Crippen LogP contribution in [0.25, 0.3) is 0 Å². The van der Waals surface area contributed by atoms with Gasteiger partial charge < -0.3 is 10.1 Å². The molecule has 1 N–H and O–H groups in total. The highest BCUT2D eigenvalue weighted by atomic mass is 79.9. The summed E-state index contributed by atoms with van der Waals surface area (Å²) in [5.41, 5.74) is 0.855. The first-order chi connectivity index (χ1) is 6.27. The van der Waals surface area contributed by atoms with Crippen LogP contribution in [0.1, 0.15) is 6.42 Å². The Morgan fingerprint density at radius 3 is 3.15 bits per heavy atom. The van der Waals surface area contributed by atoms with Crippen molar-refractivity contribution in [2.24, 2.45) is 0 Å². The van der Waals surface area contributed by atoms with Crippen molar-refractivity contribution in [2.75, 3.05) is 11.9 Å². The topological polar surface area (TPSA) is 38.3 Å². The van der Waals surface area contributed by atoms with E-state index in [1.807, 2.05) is 12.1 Å². The van der Waals surface area contributed by atoms with Crippen LogP contribution in [0.4, 0.5) is 5.69 Å². The summed E-state index contributed by atoms with van der Waals surface area (Å²) in [6, 6.07) is 5.52. The van der Waals surface area contributed by atoms with Gasteiger partial charge in [0.05, 0.1) is 12.1 Å². The fourth-order valence-electron chi connectivity index (χ4n) is 1.22. The summed E-state index contributed by atoms with van der Waals surface area (Å²) in [4.78, 5) is 11.1. The van der Waals surface area contributed by atoms with Crippen LogP contribution in [0.15, 0.2) is 22.7 Å². The van der Waals surface area contributed by atoms with Crippen molar-refractivity contribution in [3.63, 3.8) is 0 Å². The molecule has 0 amide bonds. The quantitative estimate of drug-likeness (QED) is 0.559. The van der Waals surface area contributed by atoms with Gasteiger partial charge in [-0.1, -0.05) is 6.07 Å². The van der Waals surface area contributed by atoms with Crippen LogP contribution in [0.2, 0.25) is 0 Å². The molecular formula is C9H8BrNO2. The van der Waals surface area contributed by atoms with Crippen LogP contribution in [-0.2, 0) is 4.79 Å². The number of para-hydroxylation sites is 1. The summed E-state index contributed by atoms with van der Waals surface area (Å²) in [7, 11) is 0. The predicted molar refractivity (Wildman–Crippen MR) is 52.9 cm³/mol. The zero-order valence-electron chi connectivity index (χ0n) is 6.84. The third kappa shape index (κ3) is 1.67. The van der Waals surface area contributed by atoms with E-state index in [-0.39, 0.29) is 5.97 Å². The number of nitrogens with one attached hydrogen (secondary N) is 1. The van der Waals surface area contributed by atoms with Crippen molar-refractivity contribution in [1.29, 1.82) is 0 Å². The van der Waals surface area contributed by atoms with Gasteiger partial charge >= 0.3 is 5.97 Å². The Hall–Kier alpha value is -1.03. The number of anilines is 1. The zero-order chi connectivity index (χ0) is 9.26. The number of fused-ring (bicyclic) bond motifs is 1. The van der Waals surface area contributed by atoms with Gasteiger partial charge in [-0.25, -0.2) is 0 Å².